The van der Waals surface area contributed by atoms with E-state index in [1.54, 1.807) is 0 Å². The van der Waals surface area contributed by atoms with Crippen molar-refractivity contribution in [3.05, 3.63) is 46.0 Å². The van der Waals surface area contributed by atoms with Crippen molar-refractivity contribution in [2.45, 2.75) is 79.6 Å². The minimum atomic E-state index is -0.0513. The first-order valence-corrected chi connectivity index (χ1v) is 9.57. The first-order valence-electron chi connectivity index (χ1n) is 9.57. The van der Waals surface area contributed by atoms with Gasteiger partial charge in [-0.3, -0.25) is 0 Å². The monoisotopic (exact) mass is 354 g/mol. The molecule has 2 aromatic carbocycles. The number of phenols is 2. The smallest absolute Gasteiger partial charge is 0.126 e. The summed E-state index contributed by atoms with van der Waals surface area (Å²) in [5, 5.41) is 22.1. The molecule has 26 heavy (non-hydrogen) atoms. The highest BCUT2D eigenvalue weighted by molar-refractivity contribution is 5.85. The zero-order chi connectivity index (χ0) is 20.0. The van der Waals surface area contributed by atoms with Gasteiger partial charge in [0.05, 0.1) is 0 Å². The second-order valence-electron chi connectivity index (χ2n) is 9.13. The van der Waals surface area contributed by atoms with E-state index in [0.29, 0.717) is 0 Å². The molecule has 0 unspecified atom stereocenters. The van der Waals surface area contributed by atoms with Gasteiger partial charge in [-0.05, 0) is 58.9 Å². The summed E-state index contributed by atoms with van der Waals surface area (Å²) in [5.41, 5.74) is 6.64. The van der Waals surface area contributed by atoms with Gasteiger partial charge in [-0.2, -0.15) is 0 Å². The number of benzene rings is 2. The van der Waals surface area contributed by atoms with E-state index >= 15 is 0 Å². The Morgan fingerprint density at radius 2 is 1.31 bits per heavy atom. The molecule has 0 aliphatic heterocycles. The van der Waals surface area contributed by atoms with Crippen LogP contribution >= 0.6 is 0 Å². The van der Waals surface area contributed by atoms with Crippen molar-refractivity contribution in [2.75, 3.05) is 0 Å². The van der Waals surface area contributed by atoms with Crippen molar-refractivity contribution >= 4 is 0 Å². The summed E-state index contributed by atoms with van der Waals surface area (Å²) in [4.78, 5) is 0. The molecule has 0 spiro atoms. The number of aryl methyl sites for hydroxylation is 2. The minimum absolute atomic E-state index is 0.0513. The first kappa shape index (κ1) is 20.4. The Bertz CT molecular complexity index is 821. The predicted octanol–water partition coefficient (Wildman–Crippen LogP) is 6.93. The van der Waals surface area contributed by atoms with E-state index in [2.05, 4.69) is 60.6 Å². The van der Waals surface area contributed by atoms with Crippen molar-refractivity contribution in [1.29, 1.82) is 0 Å². The van der Waals surface area contributed by atoms with Crippen molar-refractivity contribution < 1.29 is 10.2 Å². The maximum absolute atomic E-state index is 11.1. The molecule has 0 aromatic heterocycles. The van der Waals surface area contributed by atoms with Gasteiger partial charge < -0.3 is 10.2 Å². The van der Waals surface area contributed by atoms with Crippen molar-refractivity contribution in [2.24, 2.45) is 0 Å². The molecule has 0 aliphatic rings. The van der Waals surface area contributed by atoms with Gasteiger partial charge in [-0.15, -0.1) is 0 Å². The number of phenolic OH excluding ortho intramolecular Hbond substituents is 2. The molecule has 2 heteroatoms. The largest absolute Gasteiger partial charge is 0.507 e. The molecule has 0 saturated heterocycles. The van der Waals surface area contributed by atoms with E-state index in [1.807, 2.05) is 19.9 Å². The Morgan fingerprint density at radius 1 is 0.769 bits per heavy atom. The quantitative estimate of drug-likeness (QED) is 0.627. The zero-order valence-electron chi connectivity index (χ0n) is 17.8. The summed E-state index contributed by atoms with van der Waals surface area (Å²) in [7, 11) is 0. The molecular formula is C24H34O2. The Hall–Kier alpha value is -1.96. The average Bonchev–Trinajstić information content (AvgIpc) is 2.50. The summed E-state index contributed by atoms with van der Waals surface area (Å²) in [6.45, 7) is 19.0. The van der Waals surface area contributed by atoms with E-state index in [9.17, 15) is 10.2 Å². The second-order valence-corrected chi connectivity index (χ2v) is 9.13. The summed E-state index contributed by atoms with van der Waals surface area (Å²) < 4.78 is 0. The molecule has 0 saturated carbocycles. The fourth-order valence-corrected chi connectivity index (χ4v) is 3.75. The van der Waals surface area contributed by atoms with Crippen molar-refractivity contribution in [1.82, 2.24) is 0 Å². The molecule has 0 fully saturated rings. The van der Waals surface area contributed by atoms with Crippen LogP contribution < -0.4 is 0 Å². The fraction of sp³-hybridized carbons (Fsp3) is 0.500. The zero-order valence-corrected chi connectivity index (χ0v) is 17.8. The molecule has 0 amide bonds. The fourth-order valence-electron chi connectivity index (χ4n) is 3.75. The topological polar surface area (TPSA) is 40.5 Å². The van der Waals surface area contributed by atoms with Crippen LogP contribution in [0.1, 0.15) is 88.1 Å². The number of hydrogen-bond acceptors (Lipinski definition) is 2. The van der Waals surface area contributed by atoms with Crippen molar-refractivity contribution in [3.63, 3.8) is 0 Å². The third-order valence-corrected chi connectivity index (χ3v) is 5.20. The lowest BCUT2D eigenvalue weighted by molar-refractivity contribution is 0.461. The Kier molecular flexibility index (Phi) is 5.46. The Balaban J connectivity index is 3.09. The number of rotatable bonds is 3. The van der Waals surface area contributed by atoms with E-state index in [1.165, 1.54) is 5.56 Å². The lowest BCUT2D eigenvalue weighted by atomic mass is 9.75. The van der Waals surface area contributed by atoms with Gasteiger partial charge in [0.15, 0.2) is 0 Å². The maximum atomic E-state index is 11.1. The van der Waals surface area contributed by atoms with E-state index in [0.717, 1.165) is 33.4 Å². The van der Waals surface area contributed by atoms with Crippen LogP contribution in [0.2, 0.25) is 0 Å². The highest BCUT2D eigenvalue weighted by Gasteiger charge is 2.29. The molecule has 2 nitrogen and oxygen atoms in total. The lowest BCUT2D eigenvalue weighted by Crippen LogP contribution is -2.17. The maximum Gasteiger partial charge on any atom is 0.126 e. The molecule has 0 aliphatic carbocycles. The second kappa shape index (κ2) is 6.98. The first-order chi connectivity index (χ1) is 11.9. The summed E-state index contributed by atoms with van der Waals surface area (Å²) in [6, 6.07) is 6.15. The van der Waals surface area contributed by atoms with Crippen LogP contribution in [-0.2, 0) is 5.41 Å². The average molecular weight is 355 g/mol. The highest BCUT2D eigenvalue weighted by Crippen LogP contribution is 2.49. The molecule has 0 atom stereocenters. The van der Waals surface area contributed by atoms with E-state index in [-0.39, 0.29) is 28.7 Å². The summed E-state index contributed by atoms with van der Waals surface area (Å²) in [6.07, 6.45) is 0. The number of hydrogen-bond donors (Lipinski definition) is 2. The van der Waals surface area contributed by atoms with Crippen molar-refractivity contribution in [3.8, 4) is 22.6 Å². The third kappa shape index (κ3) is 3.47. The van der Waals surface area contributed by atoms with Crippen LogP contribution in [0.25, 0.3) is 11.1 Å². The van der Waals surface area contributed by atoms with Crippen LogP contribution in [0, 0.1) is 13.8 Å². The minimum Gasteiger partial charge on any atom is -0.507 e. The molecular weight excluding hydrogens is 320 g/mol. The van der Waals surface area contributed by atoms with Gasteiger partial charge in [0.25, 0.3) is 0 Å². The Labute approximate surface area is 158 Å². The lowest BCUT2D eigenvalue weighted by Gasteiger charge is -2.30. The predicted molar refractivity (Wildman–Crippen MR) is 112 cm³/mol. The van der Waals surface area contributed by atoms with Gasteiger partial charge in [-0.1, -0.05) is 66.7 Å². The summed E-state index contributed by atoms with van der Waals surface area (Å²) in [5.74, 6) is 1.03. The van der Waals surface area contributed by atoms with E-state index < -0.39 is 0 Å². The molecule has 0 radical (unpaired) electrons. The normalized spacial score (nSPS) is 12.3. The highest BCUT2D eigenvalue weighted by atomic mass is 16.3. The van der Waals surface area contributed by atoms with Crippen LogP contribution in [0.3, 0.4) is 0 Å². The van der Waals surface area contributed by atoms with Gasteiger partial charge in [-0.25, -0.2) is 0 Å². The summed E-state index contributed by atoms with van der Waals surface area (Å²) >= 11 is 0. The third-order valence-electron chi connectivity index (χ3n) is 5.20. The molecule has 2 aromatic rings. The standard InChI is InChI=1S/C24H34O2/c1-13(2)17-11-10-15(5)22(25)20(17)21-19(14(3)4)18(24(7,8)9)12-16(6)23(21)26/h10-14,25-26H,1-9H3. The van der Waals surface area contributed by atoms with Gasteiger partial charge in [0, 0.05) is 11.1 Å². The SMILES string of the molecule is Cc1ccc(C(C)C)c(-c2c(O)c(C)cc(C(C)(C)C)c2C(C)C)c1O. The Morgan fingerprint density at radius 3 is 1.77 bits per heavy atom. The van der Waals surface area contributed by atoms with Crippen LogP contribution in [0.4, 0.5) is 0 Å². The van der Waals surface area contributed by atoms with E-state index in [4.69, 9.17) is 0 Å². The van der Waals surface area contributed by atoms with Gasteiger partial charge in [0.2, 0.25) is 0 Å². The van der Waals surface area contributed by atoms with Gasteiger partial charge >= 0.3 is 0 Å². The number of aromatic hydroxyl groups is 2. The molecule has 142 valence electrons. The molecule has 0 heterocycles. The van der Waals surface area contributed by atoms with Crippen LogP contribution in [0.5, 0.6) is 11.5 Å². The van der Waals surface area contributed by atoms with Crippen LogP contribution in [0.15, 0.2) is 18.2 Å². The molecule has 2 N–H and O–H groups in total. The van der Waals surface area contributed by atoms with Gasteiger partial charge in [0.1, 0.15) is 11.5 Å². The van der Waals surface area contributed by atoms with Crippen LogP contribution in [-0.4, -0.2) is 10.2 Å². The molecule has 2 rings (SSSR count). The molecule has 0 bridgehead atoms.